The summed E-state index contributed by atoms with van der Waals surface area (Å²) in [6.45, 7) is 0. The largest absolute Gasteiger partial charge is 0.388 e. The van der Waals surface area contributed by atoms with E-state index in [-0.39, 0.29) is 0 Å². The Bertz CT molecular complexity index is 393. The Hall–Kier alpha value is -1.04. The van der Waals surface area contributed by atoms with Crippen molar-refractivity contribution in [2.75, 3.05) is 0 Å². The summed E-state index contributed by atoms with van der Waals surface area (Å²) < 4.78 is 0. The zero-order valence-electron chi connectivity index (χ0n) is 7.57. The zero-order chi connectivity index (χ0) is 10.1. The Kier molecular flexibility index (Phi) is 2.45. The second-order valence-corrected chi connectivity index (χ2v) is 4.04. The van der Waals surface area contributed by atoms with E-state index in [0.29, 0.717) is 22.1 Å². The lowest BCUT2D eigenvalue weighted by atomic mass is 10.0. The predicted octanol–water partition coefficient (Wildman–Crippen LogP) is 2.66. The minimum absolute atomic E-state index is 0.335. The first-order valence-corrected chi connectivity index (χ1v) is 4.98. The van der Waals surface area contributed by atoms with E-state index in [0.717, 1.165) is 12.8 Å². The number of nitrogens with zero attached hydrogens (tertiary/aromatic N) is 1. The highest BCUT2D eigenvalue weighted by Gasteiger charge is 2.31. The molecule has 1 aliphatic carbocycles. The molecule has 0 aliphatic heterocycles. The molecule has 1 saturated carbocycles. The van der Waals surface area contributed by atoms with Crippen molar-refractivity contribution in [3.63, 3.8) is 0 Å². The second-order valence-electron chi connectivity index (χ2n) is 3.63. The first kappa shape index (κ1) is 9.51. The standard InChI is InChI=1S/C11H10ClNO/c12-10-4-1-7(6-13)5-9(10)11(14)8-2-3-8/h1,4-5,8,11,14H,2-3H2. The van der Waals surface area contributed by atoms with Crippen molar-refractivity contribution in [1.82, 2.24) is 0 Å². The topological polar surface area (TPSA) is 44.0 Å². The lowest BCUT2D eigenvalue weighted by Gasteiger charge is -2.11. The molecule has 0 bridgehead atoms. The predicted molar refractivity (Wildman–Crippen MR) is 53.9 cm³/mol. The SMILES string of the molecule is N#Cc1ccc(Cl)c(C(O)C2CC2)c1. The summed E-state index contributed by atoms with van der Waals surface area (Å²) in [7, 11) is 0. The van der Waals surface area contributed by atoms with Crippen molar-refractivity contribution in [3.05, 3.63) is 34.3 Å². The van der Waals surface area contributed by atoms with Crippen molar-refractivity contribution < 1.29 is 5.11 Å². The van der Waals surface area contributed by atoms with E-state index in [4.69, 9.17) is 16.9 Å². The minimum Gasteiger partial charge on any atom is -0.388 e. The van der Waals surface area contributed by atoms with E-state index in [1.54, 1.807) is 18.2 Å². The van der Waals surface area contributed by atoms with Crippen molar-refractivity contribution in [2.24, 2.45) is 5.92 Å². The molecule has 1 atom stereocenters. The van der Waals surface area contributed by atoms with E-state index < -0.39 is 6.10 Å². The van der Waals surface area contributed by atoms with Crippen LogP contribution in [0.5, 0.6) is 0 Å². The fraction of sp³-hybridized carbons (Fsp3) is 0.364. The van der Waals surface area contributed by atoms with Gasteiger partial charge in [-0.3, -0.25) is 0 Å². The third kappa shape index (κ3) is 1.75. The van der Waals surface area contributed by atoms with Gasteiger partial charge in [0.15, 0.2) is 0 Å². The normalized spacial score (nSPS) is 17.5. The van der Waals surface area contributed by atoms with Gasteiger partial charge in [-0.2, -0.15) is 5.26 Å². The van der Waals surface area contributed by atoms with Gasteiger partial charge in [0.05, 0.1) is 17.7 Å². The molecule has 1 aromatic rings. The average Bonchev–Trinajstić information content (AvgIpc) is 3.01. The Morgan fingerprint density at radius 1 is 1.50 bits per heavy atom. The molecular weight excluding hydrogens is 198 g/mol. The van der Waals surface area contributed by atoms with Crippen LogP contribution in [0.3, 0.4) is 0 Å². The summed E-state index contributed by atoms with van der Waals surface area (Å²) >= 11 is 5.95. The number of aliphatic hydroxyl groups is 1. The molecule has 1 N–H and O–H groups in total. The number of nitriles is 1. The van der Waals surface area contributed by atoms with Gasteiger partial charge in [-0.25, -0.2) is 0 Å². The smallest absolute Gasteiger partial charge is 0.0991 e. The Morgan fingerprint density at radius 3 is 2.79 bits per heavy atom. The van der Waals surface area contributed by atoms with E-state index in [2.05, 4.69) is 0 Å². The molecule has 0 amide bonds. The number of aliphatic hydroxyl groups excluding tert-OH is 1. The minimum atomic E-state index is -0.504. The lowest BCUT2D eigenvalue weighted by molar-refractivity contribution is 0.154. The second kappa shape index (κ2) is 3.61. The van der Waals surface area contributed by atoms with Gasteiger partial charge < -0.3 is 5.11 Å². The number of hydrogen-bond donors (Lipinski definition) is 1. The van der Waals surface area contributed by atoms with Crippen LogP contribution in [0.25, 0.3) is 0 Å². The molecule has 0 saturated heterocycles. The van der Waals surface area contributed by atoms with Crippen molar-refractivity contribution in [1.29, 1.82) is 5.26 Å². The molecule has 1 aromatic carbocycles. The number of benzene rings is 1. The van der Waals surface area contributed by atoms with Gasteiger partial charge >= 0.3 is 0 Å². The third-order valence-electron chi connectivity index (χ3n) is 2.51. The highest BCUT2D eigenvalue weighted by atomic mass is 35.5. The maximum absolute atomic E-state index is 9.87. The summed E-state index contributed by atoms with van der Waals surface area (Å²) in [4.78, 5) is 0. The number of rotatable bonds is 2. The van der Waals surface area contributed by atoms with E-state index in [1.807, 2.05) is 6.07 Å². The molecule has 1 unspecified atom stereocenters. The van der Waals surface area contributed by atoms with E-state index in [1.165, 1.54) is 0 Å². The van der Waals surface area contributed by atoms with Crippen LogP contribution in [0.15, 0.2) is 18.2 Å². The van der Waals surface area contributed by atoms with Gasteiger partial charge in [0.1, 0.15) is 0 Å². The quantitative estimate of drug-likeness (QED) is 0.810. The fourth-order valence-corrected chi connectivity index (χ4v) is 1.74. The molecule has 2 nitrogen and oxygen atoms in total. The summed E-state index contributed by atoms with van der Waals surface area (Å²) in [5.41, 5.74) is 1.23. The van der Waals surface area contributed by atoms with Gasteiger partial charge in [0, 0.05) is 10.6 Å². The average molecular weight is 208 g/mol. The van der Waals surface area contributed by atoms with Crippen LogP contribution in [-0.4, -0.2) is 5.11 Å². The van der Waals surface area contributed by atoms with Crippen LogP contribution in [0.4, 0.5) is 0 Å². The first-order valence-electron chi connectivity index (χ1n) is 4.60. The molecule has 1 aliphatic rings. The Labute approximate surface area is 87.7 Å². The van der Waals surface area contributed by atoms with Crippen LogP contribution in [0, 0.1) is 17.2 Å². The summed E-state index contributed by atoms with van der Waals surface area (Å²) in [6.07, 6.45) is 1.60. The molecule has 0 heterocycles. The van der Waals surface area contributed by atoms with Gasteiger partial charge in [-0.05, 0) is 37.0 Å². The molecule has 0 radical (unpaired) electrons. The van der Waals surface area contributed by atoms with Gasteiger partial charge in [-0.1, -0.05) is 11.6 Å². The van der Waals surface area contributed by atoms with Gasteiger partial charge in [0.25, 0.3) is 0 Å². The molecule has 3 heteroatoms. The Balaban J connectivity index is 2.35. The third-order valence-corrected chi connectivity index (χ3v) is 2.86. The van der Waals surface area contributed by atoms with Crippen LogP contribution >= 0.6 is 11.6 Å². The van der Waals surface area contributed by atoms with E-state index >= 15 is 0 Å². The molecule has 72 valence electrons. The molecule has 0 aromatic heterocycles. The highest BCUT2D eigenvalue weighted by Crippen LogP contribution is 2.42. The molecule has 0 spiro atoms. The van der Waals surface area contributed by atoms with Crippen LogP contribution in [-0.2, 0) is 0 Å². The summed E-state index contributed by atoms with van der Waals surface area (Å²) in [6, 6.07) is 7.04. The van der Waals surface area contributed by atoms with Crippen molar-refractivity contribution >= 4 is 11.6 Å². The van der Waals surface area contributed by atoms with Crippen molar-refractivity contribution in [2.45, 2.75) is 18.9 Å². The van der Waals surface area contributed by atoms with E-state index in [9.17, 15) is 5.11 Å². The molecule has 14 heavy (non-hydrogen) atoms. The maximum atomic E-state index is 9.87. The maximum Gasteiger partial charge on any atom is 0.0991 e. The first-order chi connectivity index (χ1) is 6.72. The van der Waals surface area contributed by atoms with Crippen molar-refractivity contribution in [3.8, 4) is 6.07 Å². The zero-order valence-corrected chi connectivity index (χ0v) is 8.33. The van der Waals surface area contributed by atoms with Gasteiger partial charge in [0.2, 0.25) is 0 Å². The highest BCUT2D eigenvalue weighted by molar-refractivity contribution is 6.31. The van der Waals surface area contributed by atoms with Crippen LogP contribution in [0.1, 0.15) is 30.1 Å². The number of hydrogen-bond acceptors (Lipinski definition) is 2. The summed E-state index contributed by atoms with van der Waals surface area (Å²) in [5, 5.41) is 19.1. The van der Waals surface area contributed by atoms with Crippen LogP contribution in [0.2, 0.25) is 5.02 Å². The summed E-state index contributed by atoms with van der Waals surface area (Å²) in [5.74, 6) is 0.335. The molecule has 2 rings (SSSR count). The van der Waals surface area contributed by atoms with Crippen LogP contribution < -0.4 is 0 Å². The molecule has 1 fully saturated rings. The molecular formula is C11H10ClNO. The fourth-order valence-electron chi connectivity index (χ4n) is 1.51. The Morgan fingerprint density at radius 2 is 2.21 bits per heavy atom. The number of halogens is 1. The monoisotopic (exact) mass is 207 g/mol. The van der Waals surface area contributed by atoms with Gasteiger partial charge in [-0.15, -0.1) is 0 Å². The lowest BCUT2D eigenvalue weighted by Crippen LogP contribution is -2.00.